The Hall–Kier alpha value is -4.13. The molecule has 0 aromatic heterocycles. The maximum Gasteiger partial charge on any atom is 0.325 e. The van der Waals surface area contributed by atoms with E-state index in [1.54, 1.807) is 54.6 Å². The Balaban J connectivity index is 1.42. The molecule has 1 heterocycles. The number of imide groups is 1. The fraction of sp³-hybridized carbons (Fsp3) is 0.125. The van der Waals surface area contributed by atoms with Gasteiger partial charge in [-0.1, -0.05) is 42.5 Å². The van der Waals surface area contributed by atoms with Crippen LogP contribution in [0.2, 0.25) is 0 Å². The lowest BCUT2D eigenvalue weighted by molar-refractivity contribution is -0.127. The van der Waals surface area contributed by atoms with Crippen molar-refractivity contribution in [1.82, 2.24) is 10.2 Å². The van der Waals surface area contributed by atoms with Crippen LogP contribution >= 0.6 is 0 Å². The monoisotopic (exact) mass is 414 g/mol. The minimum absolute atomic E-state index is 0.123. The van der Waals surface area contributed by atoms with Gasteiger partial charge in [0.25, 0.3) is 11.8 Å². The number of hydrogen-bond acceptors (Lipinski definition) is 4. The number of nitrogens with one attached hydrogen (secondary N) is 2. The summed E-state index contributed by atoms with van der Waals surface area (Å²) in [5.74, 6) is -0.503. The van der Waals surface area contributed by atoms with Gasteiger partial charge >= 0.3 is 6.03 Å². The Morgan fingerprint density at radius 3 is 2.42 bits per heavy atom. The fourth-order valence-electron chi connectivity index (χ4n) is 3.48. The van der Waals surface area contributed by atoms with E-state index in [0.717, 1.165) is 11.1 Å². The van der Waals surface area contributed by atoms with Gasteiger partial charge in [0.15, 0.2) is 0 Å². The van der Waals surface area contributed by atoms with Gasteiger partial charge in [0.1, 0.15) is 6.04 Å². The summed E-state index contributed by atoms with van der Waals surface area (Å²) in [7, 11) is 0. The average molecular weight is 414 g/mol. The summed E-state index contributed by atoms with van der Waals surface area (Å²) in [6, 6.07) is 22.2. The second-order valence-corrected chi connectivity index (χ2v) is 7.39. The molecule has 156 valence electrons. The zero-order valence-corrected chi connectivity index (χ0v) is 16.7. The minimum Gasteiger partial charge on any atom is -0.399 e. The number of hydrogen-bond donors (Lipinski definition) is 3. The molecule has 1 atom stereocenters. The van der Waals surface area contributed by atoms with E-state index in [9.17, 15) is 14.4 Å². The van der Waals surface area contributed by atoms with E-state index in [1.807, 2.05) is 24.3 Å². The number of carbonyl (C=O) groups excluding carboxylic acids is 3. The van der Waals surface area contributed by atoms with Crippen LogP contribution in [-0.2, 0) is 17.8 Å². The Kier molecular flexibility index (Phi) is 5.66. The normalized spacial score (nSPS) is 15.6. The third-order valence-electron chi connectivity index (χ3n) is 5.09. The Bertz CT molecular complexity index is 1110. The zero-order chi connectivity index (χ0) is 21.8. The topological polar surface area (TPSA) is 105 Å². The maximum atomic E-state index is 12.8. The van der Waals surface area contributed by atoms with E-state index in [0.29, 0.717) is 23.4 Å². The third kappa shape index (κ3) is 4.72. The predicted octanol–water partition coefficient (Wildman–Crippen LogP) is 3.18. The molecule has 0 spiro atoms. The van der Waals surface area contributed by atoms with E-state index < -0.39 is 12.1 Å². The van der Waals surface area contributed by atoms with Crippen LogP contribution in [0.1, 0.15) is 21.5 Å². The van der Waals surface area contributed by atoms with Crippen molar-refractivity contribution in [2.45, 2.75) is 19.0 Å². The van der Waals surface area contributed by atoms with Gasteiger partial charge in [0.05, 0.1) is 6.54 Å². The van der Waals surface area contributed by atoms with E-state index >= 15 is 0 Å². The van der Waals surface area contributed by atoms with E-state index in [-0.39, 0.29) is 18.4 Å². The summed E-state index contributed by atoms with van der Waals surface area (Å²) in [5.41, 5.74) is 9.14. The van der Waals surface area contributed by atoms with E-state index in [1.165, 1.54) is 4.90 Å². The van der Waals surface area contributed by atoms with Crippen LogP contribution in [0, 0.1) is 0 Å². The highest BCUT2D eigenvalue weighted by molar-refractivity contribution is 6.05. The number of nitrogens with two attached hydrogens (primary N) is 1. The molecule has 0 aliphatic carbocycles. The van der Waals surface area contributed by atoms with Gasteiger partial charge in [0.2, 0.25) is 0 Å². The van der Waals surface area contributed by atoms with Crippen molar-refractivity contribution >= 4 is 29.2 Å². The molecular formula is C24H22N4O3. The first kappa shape index (κ1) is 20.2. The summed E-state index contributed by atoms with van der Waals surface area (Å²) in [4.78, 5) is 38.7. The van der Waals surface area contributed by atoms with Crippen LogP contribution < -0.4 is 16.4 Å². The summed E-state index contributed by atoms with van der Waals surface area (Å²) in [6.45, 7) is 0.123. The fourth-order valence-corrected chi connectivity index (χ4v) is 3.48. The van der Waals surface area contributed by atoms with Gasteiger partial charge in [-0.3, -0.25) is 14.5 Å². The number of rotatable bonds is 6. The molecule has 4 amide bonds. The van der Waals surface area contributed by atoms with E-state index in [2.05, 4.69) is 10.6 Å². The molecular weight excluding hydrogens is 392 g/mol. The highest BCUT2D eigenvalue weighted by atomic mass is 16.2. The van der Waals surface area contributed by atoms with Crippen LogP contribution in [0.3, 0.4) is 0 Å². The minimum atomic E-state index is -0.614. The number of benzene rings is 3. The number of carbonyl (C=O) groups is 3. The van der Waals surface area contributed by atoms with Crippen LogP contribution in [0.5, 0.6) is 0 Å². The highest BCUT2D eigenvalue weighted by Gasteiger charge is 2.37. The molecule has 1 aliphatic rings. The third-order valence-corrected chi connectivity index (χ3v) is 5.09. The van der Waals surface area contributed by atoms with E-state index in [4.69, 9.17) is 5.73 Å². The van der Waals surface area contributed by atoms with Gasteiger partial charge in [-0.15, -0.1) is 0 Å². The molecule has 1 fully saturated rings. The molecule has 7 nitrogen and oxygen atoms in total. The molecule has 4 N–H and O–H groups in total. The lowest BCUT2D eigenvalue weighted by Crippen LogP contribution is -2.32. The lowest BCUT2D eigenvalue weighted by Gasteiger charge is -2.14. The second kappa shape index (κ2) is 8.71. The van der Waals surface area contributed by atoms with Crippen molar-refractivity contribution in [1.29, 1.82) is 0 Å². The predicted molar refractivity (Wildman–Crippen MR) is 118 cm³/mol. The number of anilines is 2. The molecule has 1 aliphatic heterocycles. The number of amides is 4. The number of nitrogen functional groups attached to an aromatic ring is 1. The largest absolute Gasteiger partial charge is 0.399 e. The quantitative estimate of drug-likeness (QED) is 0.426. The first-order valence-electron chi connectivity index (χ1n) is 9.91. The van der Waals surface area contributed by atoms with Gasteiger partial charge in [-0.25, -0.2) is 4.79 Å². The SMILES string of the molecule is Nc1ccc(CC2NC(=O)N(Cc3cccc(NC(=O)c4ccccc4)c3)C2=O)cc1. The zero-order valence-electron chi connectivity index (χ0n) is 16.7. The summed E-state index contributed by atoms with van der Waals surface area (Å²) in [5, 5.41) is 5.58. The molecule has 0 radical (unpaired) electrons. The summed E-state index contributed by atoms with van der Waals surface area (Å²) in [6.07, 6.45) is 0.397. The second-order valence-electron chi connectivity index (χ2n) is 7.39. The highest BCUT2D eigenvalue weighted by Crippen LogP contribution is 2.19. The summed E-state index contributed by atoms with van der Waals surface area (Å²) >= 11 is 0. The van der Waals surface area contributed by atoms with Gasteiger partial charge in [0, 0.05) is 23.4 Å². The van der Waals surface area contributed by atoms with Gasteiger partial charge in [-0.05, 0) is 47.5 Å². The smallest absolute Gasteiger partial charge is 0.325 e. The first-order chi connectivity index (χ1) is 15.0. The molecule has 1 unspecified atom stereocenters. The van der Waals surface area contributed by atoms with Crippen molar-refractivity contribution in [3.63, 3.8) is 0 Å². The van der Waals surface area contributed by atoms with Gasteiger partial charge in [-0.2, -0.15) is 0 Å². The van der Waals surface area contributed by atoms with Crippen LogP contribution in [0.15, 0.2) is 78.9 Å². The standard InChI is InChI=1S/C24H22N4O3/c25-19-11-9-16(10-12-19)14-21-23(30)28(24(31)27-21)15-17-5-4-8-20(13-17)26-22(29)18-6-2-1-3-7-18/h1-13,21H,14-15,25H2,(H,26,29)(H,27,31). The van der Waals surface area contributed by atoms with Crippen LogP contribution in [-0.4, -0.2) is 28.8 Å². The van der Waals surface area contributed by atoms with Crippen molar-refractivity contribution in [2.75, 3.05) is 11.1 Å². The molecule has 7 heteroatoms. The lowest BCUT2D eigenvalue weighted by atomic mass is 10.1. The van der Waals surface area contributed by atoms with Crippen molar-refractivity contribution in [3.05, 3.63) is 95.6 Å². The Morgan fingerprint density at radius 2 is 1.68 bits per heavy atom. The first-order valence-corrected chi connectivity index (χ1v) is 9.91. The van der Waals surface area contributed by atoms with Crippen molar-refractivity contribution in [2.24, 2.45) is 0 Å². The molecule has 3 aromatic rings. The van der Waals surface area contributed by atoms with Crippen molar-refractivity contribution < 1.29 is 14.4 Å². The number of urea groups is 1. The molecule has 0 saturated carbocycles. The Morgan fingerprint density at radius 1 is 0.935 bits per heavy atom. The number of nitrogens with zero attached hydrogens (tertiary/aromatic N) is 1. The maximum absolute atomic E-state index is 12.8. The van der Waals surface area contributed by atoms with Crippen LogP contribution in [0.4, 0.5) is 16.2 Å². The summed E-state index contributed by atoms with van der Waals surface area (Å²) < 4.78 is 0. The molecule has 0 bridgehead atoms. The molecule has 4 rings (SSSR count). The van der Waals surface area contributed by atoms with Gasteiger partial charge < -0.3 is 16.4 Å². The van der Waals surface area contributed by atoms with Crippen molar-refractivity contribution in [3.8, 4) is 0 Å². The molecule has 3 aromatic carbocycles. The molecule has 1 saturated heterocycles. The van der Waals surface area contributed by atoms with Crippen LogP contribution in [0.25, 0.3) is 0 Å². The Labute approximate surface area is 179 Å². The average Bonchev–Trinajstić information content (AvgIpc) is 3.03. The molecule has 31 heavy (non-hydrogen) atoms.